The summed E-state index contributed by atoms with van der Waals surface area (Å²) in [6, 6.07) is 16.5. The molecule has 3 aromatic rings. The second-order valence-electron chi connectivity index (χ2n) is 5.29. The maximum atomic E-state index is 12.6. The first-order valence-electron chi connectivity index (χ1n) is 7.60. The van der Waals surface area contributed by atoms with E-state index in [9.17, 15) is 4.79 Å². The van der Waals surface area contributed by atoms with Crippen LogP contribution in [0.4, 0.5) is 5.69 Å². The summed E-state index contributed by atoms with van der Waals surface area (Å²) < 4.78 is 0. The van der Waals surface area contributed by atoms with Crippen molar-refractivity contribution in [3.05, 3.63) is 75.7 Å². The van der Waals surface area contributed by atoms with E-state index in [0.717, 1.165) is 21.3 Å². The highest BCUT2D eigenvalue weighted by atomic mass is 32.2. The summed E-state index contributed by atoms with van der Waals surface area (Å²) in [7, 11) is 0. The number of thiazole rings is 1. The number of nitrogens with zero attached hydrogens (tertiary/aromatic N) is 2. The average Bonchev–Trinajstić information content (AvgIpc) is 3.05. The number of rotatable bonds is 5. The van der Waals surface area contributed by atoms with Gasteiger partial charge in [0.15, 0.2) is 0 Å². The Hall–Kier alpha value is -2.62. The fraction of sp³-hybridized carbons (Fsp3) is 0.105. The molecule has 2 aromatic carbocycles. The molecule has 124 valence electrons. The summed E-state index contributed by atoms with van der Waals surface area (Å²) in [6.07, 6.45) is 0. The third kappa shape index (κ3) is 4.47. The number of amides is 1. The van der Waals surface area contributed by atoms with E-state index < -0.39 is 0 Å². The molecule has 1 heterocycles. The fourth-order valence-corrected chi connectivity index (χ4v) is 3.93. The van der Waals surface area contributed by atoms with Crippen molar-refractivity contribution in [1.82, 2.24) is 4.98 Å². The highest BCUT2D eigenvalue weighted by Gasteiger charge is 2.12. The van der Waals surface area contributed by atoms with Crippen molar-refractivity contribution in [3.63, 3.8) is 0 Å². The molecule has 1 amide bonds. The third-order valence-electron chi connectivity index (χ3n) is 3.42. The largest absolute Gasteiger partial charge is 0.322 e. The van der Waals surface area contributed by atoms with Crippen LogP contribution in [0.1, 0.15) is 26.6 Å². The molecule has 0 saturated heterocycles. The first kappa shape index (κ1) is 17.2. The molecular formula is C19H15N3OS2. The van der Waals surface area contributed by atoms with Crippen molar-refractivity contribution in [1.29, 1.82) is 5.26 Å². The third-order valence-corrected chi connectivity index (χ3v) is 5.35. The number of carbonyl (C=O) groups is 1. The Morgan fingerprint density at radius 3 is 2.88 bits per heavy atom. The predicted octanol–water partition coefficient (Wildman–Crippen LogP) is 4.87. The van der Waals surface area contributed by atoms with E-state index in [-0.39, 0.29) is 5.91 Å². The molecule has 0 fully saturated rings. The standard InChI is InChI=1S/C19H15N3OS2/c1-13-21-16(11-24-13)12-25-18-8-3-2-7-17(18)19(23)22-15-6-4-5-14(9-15)10-20/h2-9,11H,12H2,1H3,(H,22,23). The lowest BCUT2D eigenvalue weighted by molar-refractivity contribution is 0.102. The lowest BCUT2D eigenvalue weighted by Crippen LogP contribution is -2.13. The molecule has 0 aliphatic heterocycles. The van der Waals surface area contributed by atoms with Crippen molar-refractivity contribution < 1.29 is 4.79 Å². The smallest absolute Gasteiger partial charge is 0.256 e. The highest BCUT2D eigenvalue weighted by molar-refractivity contribution is 7.98. The molecule has 6 heteroatoms. The second kappa shape index (κ2) is 7.97. The van der Waals surface area contributed by atoms with E-state index in [2.05, 4.69) is 16.4 Å². The summed E-state index contributed by atoms with van der Waals surface area (Å²) in [6.45, 7) is 1.98. The summed E-state index contributed by atoms with van der Waals surface area (Å²) >= 11 is 3.22. The fourth-order valence-electron chi connectivity index (χ4n) is 2.27. The van der Waals surface area contributed by atoms with Crippen LogP contribution < -0.4 is 5.32 Å². The van der Waals surface area contributed by atoms with Gasteiger partial charge in [-0.1, -0.05) is 18.2 Å². The number of hydrogen-bond donors (Lipinski definition) is 1. The first-order valence-corrected chi connectivity index (χ1v) is 9.46. The molecule has 1 aromatic heterocycles. The van der Waals surface area contributed by atoms with Crippen molar-refractivity contribution in [2.45, 2.75) is 17.6 Å². The minimum Gasteiger partial charge on any atom is -0.322 e. The number of aryl methyl sites for hydroxylation is 1. The Morgan fingerprint density at radius 2 is 2.12 bits per heavy atom. The van der Waals surface area contributed by atoms with Gasteiger partial charge in [-0.3, -0.25) is 4.79 Å². The van der Waals surface area contributed by atoms with E-state index in [1.165, 1.54) is 0 Å². The number of carbonyl (C=O) groups excluding carboxylic acids is 1. The van der Waals surface area contributed by atoms with Crippen LogP contribution in [0.3, 0.4) is 0 Å². The molecule has 1 N–H and O–H groups in total. The monoisotopic (exact) mass is 365 g/mol. The Kier molecular flexibility index (Phi) is 5.49. The SMILES string of the molecule is Cc1nc(CSc2ccccc2C(=O)Nc2cccc(C#N)c2)cs1. The van der Waals surface area contributed by atoms with Gasteiger partial charge in [0.05, 0.1) is 27.9 Å². The molecule has 0 radical (unpaired) electrons. The lowest BCUT2D eigenvalue weighted by atomic mass is 10.2. The molecule has 0 unspecified atom stereocenters. The van der Waals surface area contributed by atoms with Gasteiger partial charge in [-0.05, 0) is 37.3 Å². The average molecular weight is 365 g/mol. The van der Waals surface area contributed by atoms with Gasteiger partial charge in [0, 0.05) is 21.7 Å². The number of aromatic nitrogens is 1. The molecular weight excluding hydrogens is 350 g/mol. The van der Waals surface area contributed by atoms with Crippen molar-refractivity contribution in [2.75, 3.05) is 5.32 Å². The van der Waals surface area contributed by atoms with Gasteiger partial charge in [-0.15, -0.1) is 23.1 Å². The zero-order chi connectivity index (χ0) is 17.6. The van der Waals surface area contributed by atoms with Crippen LogP contribution in [0.5, 0.6) is 0 Å². The number of thioether (sulfide) groups is 1. The van der Waals surface area contributed by atoms with Crippen LogP contribution in [0.15, 0.2) is 58.8 Å². The summed E-state index contributed by atoms with van der Waals surface area (Å²) in [4.78, 5) is 18.0. The zero-order valence-electron chi connectivity index (χ0n) is 13.5. The maximum absolute atomic E-state index is 12.6. The van der Waals surface area contributed by atoms with E-state index in [4.69, 9.17) is 5.26 Å². The second-order valence-corrected chi connectivity index (χ2v) is 7.37. The van der Waals surface area contributed by atoms with Crippen molar-refractivity contribution in [2.24, 2.45) is 0 Å². The van der Waals surface area contributed by atoms with Crippen LogP contribution in [-0.4, -0.2) is 10.9 Å². The number of hydrogen-bond acceptors (Lipinski definition) is 5. The van der Waals surface area contributed by atoms with Crippen LogP contribution in [-0.2, 0) is 5.75 Å². The summed E-state index contributed by atoms with van der Waals surface area (Å²) in [5.74, 6) is 0.533. The van der Waals surface area contributed by atoms with Crippen LogP contribution >= 0.6 is 23.1 Å². The molecule has 0 spiro atoms. The normalized spacial score (nSPS) is 10.2. The maximum Gasteiger partial charge on any atom is 0.256 e. The van der Waals surface area contributed by atoms with Gasteiger partial charge in [-0.2, -0.15) is 5.26 Å². The number of nitriles is 1. The van der Waals surface area contributed by atoms with E-state index in [1.54, 1.807) is 53.4 Å². The number of benzene rings is 2. The minimum atomic E-state index is -0.187. The first-order chi connectivity index (χ1) is 12.2. The highest BCUT2D eigenvalue weighted by Crippen LogP contribution is 2.27. The van der Waals surface area contributed by atoms with Crippen LogP contribution in [0.2, 0.25) is 0 Å². The van der Waals surface area contributed by atoms with Crippen molar-refractivity contribution >= 4 is 34.7 Å². The van der Waals surface area contributed by atoms with Crippen LogP contribution in [0.25, 0.3) is 0 Å². The zero-order valence-corrected chi connectivity index (χ0v) is 15.2. The molecule has 0 aliphatic rings. The Morgan fingerprint density at radius 1 is 1.28 bits per heavy atom. The van der Waals surface area contributed by atoms with Gasteiger partial charge >= 0.3 is 0 Å². The number of nitrogens with one attached hydrogen (secondary N) is 1. The summed E-state index contributed by atoms with van der Waals surface area (Å²) in [5, 5.41) is 14.9. The molecule has 3 rings (SSSR count). The van der Waals surface area contributed by atoms with Gasteiger partial charge in [0.25, 0.3) is 5.91 Å². The van der Waals surface area contributed by atoms with Gasteiger partial charge < -0.3 is 5.32 Å². The van der Waals surface area contributed by atoms with Gasteiger partial charge in [0.2, 0.25) is 0 Å². The van der Waals surface area contributed by atoms with E-state index in [0.29, 0.717) is 16.8 Å². The molecule has 0 bridgehead atoms. The molecule has 0 aliphatic carbocycles. The number of anilines is 1. The molecule has 4 nitrogen and oxygen atoms in total. The molecule has 25 heavy (non-hydrogen) atoms. The van der Waals surface area contributed by atoms with E-state index >= 15 is 0 Å². The van der Waals surface area contributed by atoms with E-state index in [1.807, 2.05) is 30.5 Å². The van der Waals surface area contributed by atoms with Crippen LogP contribution in [0, 0.1) is 18.3 Å². The minimum absolute atomic E-state index is 0.187. The lowest BCUT2D eigenvalue weighted by Gasteiger charge is -2.09. The summed E-state index contributed by atoms with van der Waals surface area (Å²) in [5.41, 5.74) is 2.75. The van der Waals surface area contributed by atoms with Gasteiger partial charge in [0.1, 0.15) is 0 Å². The Balaban J connectivity index is 1.75. The molecule has 0 saturated carbocycles. The van der Waals surface area contributed by atoms with Gasteiger partial charge in [-0.25, -0.2) is 4.98 Å². The Labute approximate surface area is 154 Å². The quantitative estimate of drug-likeness (QED) is 0.655. The topological polar surface area (TPSA) is 65.8 Å². The Bertz CT molecular complexity index is 944. The van der Waals surface area contributed by atoms with Crippen molar-refractivity contribution in [3.8, 4) is 6.07 Å². The molecule has 0 atom stereocenters. The predicted molar refractivity (Wildman–Crippen MR) is 102 cm³/mol.